The lowest BCUT2D eigenvalue weighted by Crippen LogP contribution is -2.36. The zero-order valence-electron chi connectivity index (χ0n) is 12.0. The third-order valence-electron chi connectivity index (χ3n) is 4.54. The van der Waals surface area contributed by atoms with E-state index in [9.17, 15) is 0 Å². The molecule has 0 radical (unpaired) electrons. The van der Waals surface area contributed by atoms with Crippen LogP contribution < -0.4 is 17.0 Å². The average Bonchev–Trinajstić information content (AvgIpc) is 2.44. The van der Waals surface area contributed by atoms with Gasteiger partial charge in [0, 0.05) is 11.8 Å². The second-order valence-electron chi connectivity index (χ2n) is 5.82. The molecule has 0 saturated heterocycles. The highest BCUT2D eigenvalue weighted by atomic mass is 15.2. The van der Waals surface area contributed by atoms with E-state index in [-0.39, 0.29) is 6.04 Å². The van der Waals surface area contributed by atoms with Crippen molar-refractivity contribution in [2.24, 2.45) is 17.7 Å². The predicted octanol–water partition coefficient (Wildman–Crippen LogP) is 2.69. The molecular weight excluding hydrogens is 236 g/mol. The number of aryl methyl sites for hydroxylation is 1. The first-order chi connectivity index (χ1) is 9.15. The third-order valence-corrected chi connectivity index (χ3v) is 4.54. The number of nitrogens with zero attached hydrogens (tertiary/aromatic N) is 1. The fourth-order valence-electron chi connectivity index (χ4n) is 3.26. The fourth-order valence-corrected chi connectivity index (χ4v) is 3.26. The van der Waals surface area contributed by atoms with Gasteiger partial charge in [0.1, 0.15) is 5.82 Å². The number of nitrogens with one attached hydrogen (secondary N) is 1. The van der Waals surface area contributed by atoms with Crippen LogP contribution in [0.2, 0.25) is 0 Å². The van der Waals surface area contributed by atoms with Crippen LogP contribution >= 0.6 is 0 Å². The van der Waals surface area contributed by atoms with Crippen molar-refractivity contribution in [1.29, 1.82) is 0 Å². The van der Waals surface area contributed by atoms with Gasteiger partial charge in [-0.2, -0.15) is 0 Å². The molecular formula is C15H26N4. The maximum absolute atomic E-state index is 6.02. The second kappa shape index (κ2) is 6.35. The van der Waals surface area contributed by atoms with E-state index in [1.807, 2.05) is 6.92 Å². The monoisotopic (exact) mass is 262 g/mol. The number of hydrogen-bond donors (Lipinski definition) is 3. The standard InChI is InChI=1S/C15H26N4/c1-3-11-4-6-12(7-5-11)14(19-17)13-8-10(2)9-18-15(13)16/h8-9,11-12,14,19H,3-7,17H2,1-2H3,(H2,16,18). The van der Waals surface area contributed by atoms with Gasteiger partial charge in [-0.3, -0.25) is 11.3 Å². The van der Waals surface area contributed by atoms with Crippen molar-refractivity contribution in [3.63, 3.8) is 0 Å². The van der Waals surface area contributed by atoms with Crippen LogP contribution in [0.15, 0.2) is 12.3 Å². The molecule has 4 nitrogen and oxygen atoms in total. The number of hydrogen-bond acceptors (Lipinski definition) is 4. The van der Waals surface area contributed by atoms with E-state index in [0.717, 1.165) is 17.0 Å². The number of nitrogens with two attached hydrogens (primary N) is 2. The van der Waals surface area contributed by atoms with E-state index >= 15 is 0 Å². The molecule has 0 amide bonds. The number of anilines is 1. The van der Waals surface area contributed by atoms with Crippen LogP contribution in [0.25, 0.3) is 0 Å². The van der Waals surface area contributed by atoms with Crippen LogP contribution in [0, 0.1) is 18.8 Å². The number of nitrogen functional groups attached to an aromatic ring is 1. The van der Waals surface area contributed by atoms with Gasteiger partial charge in [-0.15, -0.1) is 0 Å². The maximum Gasteiger partial charge on any atom is 0.128 e. The molecule has 1 heterocycles. The van der Waals surface area contributed by atoms with E-state index in [1.54, 1.807) is 6.20 Å². The molecule has 1 aliphatic rings. The second-order valence-corrected chi connectivity index (χ2v) is 5.82. The lowest BCUT2D eigenvalue weighted by atomic mass is 9.76. The number of rotatable bonds is 4. The Morgan fingerprint density at radius 1 is 1.37 bits per heavy atom. The van der Waals surface area contributed by atoms with Crippen molar-refractivity contribution < 1.29 is 0 Å². The summed E-state index contributed by atoms with van der Waals surface area (Å²) in [7, 11) is 0. The molecule has 1 aromatic rings. The topological polar surface area (TPSA) is 77.0 Å². The van der Waals surface area contributed by atoms with Crippen molar-refractivity contribution in [2.45, 2.75) is 52.0 Å². The first kappa shape index (κ1) is 14.3. The number of aromatic nitrogens is 1. The highest BCUT2D eigenvalue weighted by molar-refractivity contribution is 5.43. The van der Waals surface area contributed by atoms with E-state index < -0.39 is 0 Å². The van der Waals surface area contributed by atoms with Gasteiger partial charge < -0.3 is 5.73 Å². The molecule has 1 saturated carbocycles. The zero-order chi connectivity index (χ0) is 13.8. The highest BCUT2D eigenvalue weighted by Crippen LogP contribution is 2.38. The lowest BCUT2D eigenvalue weighted by Gasteiger charge is -2.33. The van der Waals surface area contributed by atoms with Crippen LogP contribution in [0.3, 0.4) is 0 Å². The summed E-state index contributed by atoms with van der Waals surface area (Å²) in [6.07, 6.45) is 8.15. The largest absolute Gasteiger partial charge is 0.383 e. The maximum atomic E-state index is 6.02. The summed E-state index contributed by atoms with van der Waals surface area (Å²) in [4.78, 5) is 4.26. The minimum Gasteiger partial charge on any atom is -0.383 e. The van der Waals surface area contributed by atoms with E-state index in [0.29, 0.717) is 11.7 Å². The quantitative estimate of drug-likeness (QED) is 0.576. The fraction of sp³-hybridized carbons (Fsp3) is 0.667. The van der Waals surface area contributed by atoms with Crippen molar-refractivity contribution in [2.75, 3.05) is 5.73 Å². The highest BCUT2D eigenvalue weighted by Gasteiger charge is 2.28. The minimum absolute atomic E-state index is 0.130. The Morgan fingerprint density at radius 2 is 2.05 bits per heavy atom. The molecule has 0 aromatic carbocycles. The van der Waals surface area contributed by atoms with Crippen LogP contribution in [0.5, 0.6) is 0 Å². The average molecular weight is 262 g/mol. The molecule has 19 heavy (non-hydrogen) atoms. The van der Waals surface area contributed by atoms with Gasteiger partial charge in [0.15, 0.2) is 0 Å². The van der Waals surface area contributed by atoms with Crippen LogP contribution in [0.1, 0.15) is 56.2 Å². The molecule has 1 aromatic heterocycles. The van der Waals surface area contributed by atoms with Crippen LogP contribution in [-0.2, 0) is 0 Å². The van der Waals surface area contributed by atoms with Gasteiger partial charge in [-0.1, -0.05) is 26.2 Å². The summed E-state index contributed by atoms with van der Waals surface area (Å²) < 4.78 is 0. The Labute approximate surface area is 115 Å². The predicted molar refractivity (Wildman–Crippen MR) is 79.2 cm³/mol. The van der Waals surface area contributed by atoms with Gasteiger partial charge in [-0.25, -0.2) is 4.98 Å². The smallest absolute Gasteiger partial charge is 0.128 e. The van der Waals surface area contributed by atoms with Gasteiger partial charge >= 0.3 is 0 Å². The molecule has 5 N–H and O–H groups in total. The van der Waals surface area contributed by atoms with Gasteiger partial charge in [0.25, 0.3) is 0 Å². The molecule has 106 valence electrons. The van der Waals surface area contributed by atoms with Gasteiger partial charge in [-0.05, 0) is 43.2 Å². The molecule has 1 aliphatic carbocycles. The van der Waals surface area contributed by atoms with Crippen LogP contribution in [-0.4, -0.2) is 4.98 Å². The number of hydrazine groups is 1. The molecule has 1 unspecified atom stereocenters. The molecule has 0 aliphatic heterocycles. The van der Waals surface area contributed by atoms with Crippen molar-refractivity contribution in [3.05, 3.63) is 23.4 Å². The minimum atomic E-state index is 0.130. The first-order valence-corrected chi connectivity index (χ1v) is 7.33. The Morgan fingerprint density at radius 3 is 2.63 bits per heavy atom. The number of pyridine rings is 1. The van der Waals surface area contributed by atoms with E-state index in [2.05, 4.69) is 23.4 Å². The lowest BCUT2D eigenvalue weighted by molar-refractivity contribution is 0.219. The molecule has 2 rings (SSSR count). The normalized spacial score (nSPS) is 25.2. The van der Waals surface area contributed by atoms with Crippen molar-refractivity contribution in [3.8, 4) is 0 Å². The summed E-state index contributed by atoms with van der Waals surface area (Å²) in [5.41, 5.74) is 11.2. The molecule has 0 bridgehead atoms. The van der Waals surface area contributed by atoms with Gasteiger partial charge in [0.2, 0.25) is 0 Å². The first-order valence-electron chi connectivity index (χ1n) is 7.33. The molecule has 4 heteroatoms. The molecule has 0 spiro atoms. The Kier molecular flexibility index (Phi) is 4.77. The van der Waals surface area contributed by atoms with Crippen LogP contribution in [0.4, 0.5) is 5.82 Å². The van der Waals surface area contributed by atoms with Crippen molar-refractivity contribution >= 4 is 5.82 Å². The van der Waals surface area contributed by atoms with E-state index in [1.165, 1.54) is 32.1 Å². The summed E-state index contributed by atoms with van der Waals surface area (Å²) in [6.45, 7) is 4.32. The summed E-state index contributed by atoms with van der Waals surface area (Å²) in [6, 6.07) is 2.24. The zero-order valence-corrected chi connectivity index (χ0v) is 12.0. The Bertz CT molecular complexity index is 411. The third kappa shape index (κ3) is 3.25. The summed E-state index contributed by atoms with van der Waals surface area (Å²) in [5.74, 6) is 7.85. The van der Waals surface area contributed by atoms with Crippen molar-refractivity contribution in [1.82, 2.24) is 10.4 Å². The summed E-state index contributed by atoms with van der Waals surface area (Å²) >= 11 is 0. The Balaban J connectivity index is 2.14. The molecule has 1 fully saturated rings. The Hall–Kier alpha value is -1.13. The van der Waals surface area contributed by atoms with E-state index in [4.69, 9.17) is 11.6 Å². The SMILES string of the molecule is CCC1CCC(C(NN)c2cc(C)cnc2N)CC1. The van der Waals surface area contributed by atoms with Gasteiger partial charge in [0.05, 0.1) is 6.04 Å². The molecule has 1 atom stereocenters. The summed E-state index contributed by atoms with van der Waals surface area (Å²) in [5, 5.41) is 0.